The highest BCUT2D eigenvalue weighted by Gasteiger charge is 2.23. The first-order valence-corrected chi connectivity index (χ1v) is 9.50. The van der Waals surface area contributed by atoms with E-state index in [1.165, 1.54) is 5.56 Å². The average Bonchev–Trinajstić information content (AvgIpc) is 2.24. The molecule has 0 bridgehead atoms. The van der Waals surface area contributed by atoms with Crippen molar-refractivity contribution in [3.05, 3.63) is 34.4 Å². The van der Waals surface area contributed by atoms with Gasteiger partial charge in [0, 0.05) is 6.04 Å². The molecule has 0 heterocycles. The van der Waals surface area contributed by atoms with Crippen molar-refractivity contribution in [3.8, 4) is 0 Å². The average molecular weight is 311 g/mol. The smallest absolute Gasteiger partial charge is 0.152 e. The molecule has 0 aliphatic carbocycles. The highest BCUT2D eigenvalue weighted by atomic mass is 32.2. The second-order valence-electron chi connectivity index (χ2n) is 6.39. The largest absolute Gasteiger partial charge is 0.309 e. The van der Waals surface area contributed by atoms with Crippen LogP contribution in [0, 0.1) is 26.7 Å². The summed E-state index contributed by atoms with van der Waals surface area (Å²) >= 11 is 0. The van der Waals surface area contributed by atoms with Gasteiger partial charge in [-0.05, 0) is 49.9 Å². The molecule has 0 radical (unpaired) electrons. The van der Waals surface area contributed by atoms with E-state index in [0.29, 0.717) is 0 Å². The molecule has 0 aliphatic heterocycles. The Bertz CT molecular complexity index is 553. The van der Waals surface area contributed by atoms with Gasteiger partial charge in [-0.2, -0.15) is 0 Å². The van der Waals surface area contributed by atoms with Crippen LogP contribution in [0.2, 0.25) is 0 Å². The van der Waals surface area contributed by atoms with Crippen molar-refractivity contribution in [2.75, 3.05) is 18.1 Å². The summed E-state index contributed by atoms with van der Waals surface area (Å²) in [4.78, 5) is 0. The van der Waals surface area contributed by atoms with E-state index in [1.807, 2.05) is 20.8 Å². The molecule has 120 valence electrons. The number of benzene rings is 1. The van der Waals surface area contributed by atoms with Crippen LogP contribution >= 0.6 is 0 Å². The van der Waals surface area contributed by atoms with Crippen LogP contribution in [0.4, 0.5) is 0 Å². The van der Waals surface area contributed by atoms with Gasteiger partial charge in [0.1, 0.15) is 0 Å². The van der Waals surface area contributed by atoms with Crippen molar-refractivity contribution >= 4 is 9.84 Å². The van der Waals surface area contributed by atoms with Crippen LogP contribution in [-0.2, 0) is 9.84 Å². The Kier molecular flexibility index (Phi) is 6.41. The third-order valence-electron chi connectivity index (χ3n) is 3.54. The van der Waals surface area contributed by atoms with Crippen LogP contribution in [0.3, 0.4) is 0 Å². The number of hydrogen-bond acceptors (Lipinski definition) is 3. The third kappa shape index (κ3) is 5.44. The summed E-state index contributed by atoms with van der Waals surface area (Å²) in [6.45, 7) is 12.9. The standard InChI is InChI=1S/C17H29NO2S/c1-7-18-16(11-21(19,20)10-12(2)3)17-14(5)8-13(4)9-15(17)6/h8-9,12,16,18H,7,10-11H2,1-6H3. The minimum Gasteiger partial charge on any atom is -0.309 e. The van der Waals surface area contributed by atoms with Gasteiger partial charge in [-0.25, -0.2) is 8.42 Å². The molecule has 0 fully saturated rings. The lowest BCUT2D eigenvalue weighted by Crippen LogP contribution is -2.31. The van der Waals surface area contributed by atoms with E-state index >= 15 is 0 Å². The van der Waals surface area contributed by atoms with Crippen LogP contribution in [0.1, 0.15) is 49.1 Å². The quantitative estimate of drug-likeness (QED) is 0.840. The maximum Gasteiger partial charge on any atom is 0.152 e. The van der Waals surface area contributed by atoms with Gasteiger partial charge in [-0.3, -0.25) is 0 Å². The van der Waals surface area contributed by atoms with Crippen LogP contribution in [0.25, 0.3) is 0 Å². The molecule has 0 saturated carbocycles. The first-order valence-electron chi connectivity index (χ1n) is 7.67. The van der Waals surface area contributed by atoms with Gasteiger partial charge in [0.15, 0.2) is 9.84 Å². The normalized spacial score (nSPS) is 13.7. The zero-order valence-corrected chi connectivity index (χ0v) is 15.0. The van der Waals surface area contributed by atoms with E-state index in [-0.39, 0.29) is 23.5 Å². The van der Waals surface area contributed by atoms with Crippen molar-refractivity contribution in [2.45, 2.75) is 47.6 Å². The van der Waals surface area contributed by atoms with Gasteiger partial charge in [-0.15, -0.1) is 0 Å². The summed E-state index contributed by atoms with van der Waals surface area (Å²) < 4.78 is 24.7. The predicted molar refractivity (Wildman–Crippen MR) is 90.6 cm³/mol. The molecule has 1 aromatic carbocycles. The molecule has 0 aliphatic rings. The summed E-state index contributed by atoms with van der Waals surface area (Å²) in [6.07, 6.45) is 0. The lowest BCUT2D eigenvalue weighted by atomic mass is 9.95. The van der Waals surface area contributed by atoms with Gasteiger partial charge in [0.2, 0.25) is 0 Å². The molecule has 0 spiro atoms. The zero-order chi connectivity index (χ0) is 16.2. The van der Waals surface area contributed by atoms with Crippen LogP contribution < -0.4 is 5.32 Å². The lowest BCUT2D eigenvalue weighted by Gasteiger charge is -2.23. The van der Waals surface area contributed by atoms with E-state index in [0.717, 1.165) is 23.2 Å². The molecule has 4 heteroatoms. The third-order valence-corrected chi connectivity index (χ3v) is 5.56. The Morgan fingerprint density at radius 3 is 2.00 bits per heavy atom. The molecule has 1 aromatic rings. The number of sulfone groups is 1. The maximum atomic E-state index is 12.3. The second kappa shape index (κ2) is 7.41. The minimum absolute atomic E-state index is 0.126. The molecule has 1 rings (SSSR count). The summed E-state index contributed by atoms with van der Waals surface area (Å²) in [5.74, 6) is 0.584. The fourth-order valence-electron chi connectivity index (χ4n) is 3.06. The zero-order valence-electron chi connectivity index (χ0n) is 14.2. The Hall–Kier alpha value is -0.870. The molecule has 0 amide bonds. The van der Waals surface area contributed by atoms with E-state index in [9.17, 15) is 8.42 Å². The van der Waals surface area contributed by atoms with Gasteiger partial charge >= 0.3 is 0 Å². The highest BCUT2D eigenvalue weighted by molar-refractivity contribution is 7.91. The summed E-state index contributed by atoms with van der Waals surface area (Å²) in [6, 6.07) is 4.13. The van der Waals surface area contributed by atoms with Crippen molar-refractivity contribution in [1.82, 2.24) is 5.32 Å². The molecule has 21 heavy (non-hydrogen) atoms. The summed E-state index contributed by atoms with van der Waals surface area (Å²) in [5, 5.41) is 3.35. The van der Waals surface area contributed by atoms with Crippen LogP contribution in [-0.4, -0.2) is 26.5 Å². The summed E-state index contributed by atoms with van der Waals surface area (Å²) in [7, 11) is -3.06. The van der Waals surface area contributed by atoms with Gasteiger partial charge in [-0.1, -0.05) is 38.5 Å². The SMILES string of the molecule is CCNC(CS(=O)(=O)CC(C)C)c1c(C)cc(C)cc1C. The Labute approximate surface area is 130 Å². The Morgan fingerprint density at radius 1 is 1.05 bits per heavy atom. The fourth-order valence-corrected chi connectivity index (χ4v) is 5.01. The summed E-state index contributed by atoms with van der Waals surface area (Å²) in [5.41, 5.74) is 4.68. The lowest BCUT2D eigenvalue weighted by molar-refractivity contribution is 0.548. The Morgan fingerprint density at radius 2 is 1.57 bits per heavy atom. The van der Waals surface area contributed by atoms with Crippen molar-refractivity contribution < 1.29 is 8.42 Å². The number of nitrogens with one attached hydrogen (secondary N) is 1. The molecule has 0 saturated heterocycles. The molecule has 1 N–H and O–H groups in total. The number of rotatable bonds is 7. The van der Waals surface area contributed by atoms with Gasteiger partial charge < -0.3 is 5.32 Å². The van der Waals surface area contributed by atoms with Crippen molar-refractivity contribution in [2.24, 2.45) is 5.92 Å². The molecule has 1 unspecified atom stereocenters. The van der Waals surface area contributed by atoms with Gasteiger partial charge in [0.25, 0.3) is 0 Å². The molecular weight excluding hydrogens is 282 g/mol. The minimum atomic E-state index is -3.06. The highest BCUT2D eigenvalue weighted by Crippen LogP contribution is 2.25. The second-order valence-corrected chi connectivity index (χ2v) is 8.55. The first kappa shape index (κ1) is 18.2. The fraction of sp³-hybridized carbons (Fsp3) is 0.647. The monoisotopic (exact) mass is 311 g/mol. The van der Waals surface area contributed by atoms with Gasteiger partial charge in [0.05, 0.1) is 11.5 Å². The number of aryl methyl sites for hydroxylation is 3. The van der Waals surface area contributed by atoms with Crippen LogP contribution in [0.5, 0.6) is 0 Å². The molecular formula is C17H29NO2S. The van der Waals surface area contributed by atoms with Crippen LogP contribution in [0.15, 0.2) is 12.1 Å². The first-order chi connectivity index (χ1) is 9.66. The Balaban J connectivity index is 3.14. The van der Waals surface area contributed by atoms with Crippen molar-refractivity contribution in [1.29, 1.82) is 0 Å². The van der Waals surface area contributed by atoms with E-state index in [4.69, 9.17) is 0 Å². The van der Waals surface area contributed by atoms with E-state index in [2.05, 4.69) is 38.2 Å². The predicted octanol–water partition coefficient (Wildman–Crippen LogP) is 3.33. The van der Waals surface area contributed by atoms with Crippen molar-refractivity contribution in [3.63, 3.8) is 0 Å². The molecule has 3 nitrogen and oxygen atoms in total. The maximum absolute atomic E-state index is 12.3. The van der Waals surface area contributed by atoms with E-state index in [1.54, 1.807) is 0 Å². The van der Waals surface area contributed by atoms with E-state index < -0.39 is 9.84 Å². The molecule has 0 aromatic heterocycles. The molecule has 1 atom stereocenters. The topological polar surface area (TPSA) is 46.2 Å². The number of hydrogen-bond donors (Lipinski definition) is 1.